The van der Waals surface area contributed by atoms with E-state index < -0.39 is 0 Å². The molecule has 0 atom stereocenters. The molecular weight excluding hydrogens is 302 g/mol. The molecule has 0 fully saturated rings. The average Bonchev–Trinajstić information content (AvgIpc) is 3.22. The van der Waals surface area contributed by atoms with Gasteiger partial charge in [-0.05, 0) is 25.5 Å². The van der Waals surface area contributed by atoms with Crippen LogP contribution in [-0.4, -0.2) is 43.2 Å². The highest BCUT2D eigenvalue weighted by Crippen LogP contribution is 2.21. The third-order valence-electron chi connectivity index (χ3n) is 4.29. The maximum atomic E-state index is 4.73. The molecule has 2 N–H and O–H groups in total. The fraction of sp³-hybridized carbons (Fsp3) is 0.294. The van der Waals surface area contributed by atoms with Crippen molar-refractivity contribution in [2.24, 2.45) is 0 Å². The molecule has 0 saturated carbocycles. The molecule has 122 valence electrons. The molecule has 0 radical (unpaired) electrons. The summed E-state index contributed by atoms with van der Waals surface area (Å²) in [5.74, 6) is 1.90. The molecular formula is C17H19N7. The first-order valence-electron chi connectivity index (χ1n) is 8.09. The Morgan fingerprint density at radius 2 is 2.12 bits per heavy atom. The van der Waals surface area contributed by atoms with E-state index in [9.17, 15) is 0 Å². The summed E-state index contributed by atoms with van der Waals surface area (Å²) in [5.41, 5.74) is 4.10. The lowest BCUT2D eigenvalue weighted by atomic mass is 10.2. The number of aryl methyl sites for hydroxylation is 1. The Hall–Kier alpha value is -2.96. The summed E-state index contributed by atoms with van der Waals surface area (Å²) in [6.45, 7) is 5.89. The van der Waals surface area contributed by atoms with E-state index in [0.717, 1.165) is 53.2 Å². The second-order valence-corrected chi connectivity index (χ2v) is 5.81. The molecule has 7 nitrogen and oxygen atoms in total. The number of hydrogen-bond acceptors (Lipinski definition) is 5. The van der Waals surface area contributed by atoms with Gasteiger partial charge in [0.1, 0.15) is 18.0 Å². The number of benzene rings is 1. The van der Waals surface area contributed by atoms with Gasteiger partial charge in [-0.2, -0.15) is 5.10 Å². The highest BCUT2D eigenvalue weighted by molar-refractivity contribution is 5.86. The first-order chi connectivity index (χ1) is 11.8. The van der Waals surface area contributed by atoms with Crippen molar-refractivity contribution < 1.29 is 0 Å². The van der Waals surface area contributed by atoms with Crippen LogP contribution in [0.1, 0.15) is 18.3 Å². The molecule has 0 saturated heterocycles. The summed E-state index contributed by atoms with van der Waals surface area (Å²) in [5, 5.41) is 7.90. The fourth-order valence-electron chi connectivity index (χ4n) is 3.00. The number of hydrogen-bond donors (Lipinski definition) is 2. The van der Waals surface area contributed by atoms with E-state index in [-0.39, 0.29) is 0 Å². The minimum Gasteiger partial charge on any atom is -0.356 e. The number of para-hydroxylation sites is 1. The van der Waals surface area contributed by atoms with Gasteiger partial charge in [-0.15, -0.1) is 0 Å². The van der Waals surface area contributed by atoms with Gasteiger partial charge < -0.3 is 9.88 Å². The van der Waals surface area contributed by atoms with Gasteiger partial charge in [0, 0.05) is 19.5 Å². The SMILES string of the molecule is CCN(CCc1nc2c(C)cccc2[nH]1)c1ncnc2[nH]ncc12. The molecule has 1 aromatic carbocycles. The van der Waals surface area contributed by atoms with E-state index in [2.05, 4.69) is 62.1 Å². The van der Waals surface area contributed by atoms with Crippen LogP contribution in [0.3, 0.4) is 0 Å². The number of likely N-dealkylation sites (N-methyl/N-ethyl adjacent to an activating group) is 1. The second kappa shape index (κ2) is 5.92. The molecule has 0 aliphatic carbocycles. The minimum absolute atomic E-state index is 0.762. The Morgan fingerprint density at radius 3 is 2.96 bits per heavy atom. The van der Waals surface area contributed by atoms with Crippen LogP contribution in [0.5, 0.6) is 0 Å². The van der Waals surface area contributed by atoms with Gasteiger partial charge in [0.2, 0.25) is 0 Å². The van der Waals surface area contributed by atoms with E-state index in [0.29, 0.717) is 0 Å². The van der Waals surface area contributed by atoms with Gasteiger partial charge in [-0.25, -0.2) is 15.0 Å². The van der Waals surface area contributed by atoms with Crippen molar-refractivity contribution in [3.05, 3.63) is 42.1 Å². The van der Waals surface area contributed by atoms with Crippen LogP contribution in [-0.2, 0) is 6.42 Å². The lowest BCUT2D eigenvalue weighted by molar-refractivity contribution is 0.775. The van der Waals surface area contributed by atoms with Crippen LogP contribution >= 0.6 is 0 Å². The second-order valence-electron chi connectivity index (χ2n) is 5.81. The summed E-state index contributed by atoms with van der Waals surface area (Å²) in [6.07, 6.45) is 4.17. The van der Waals surface area contributed by atoms with Crippen molar-refractivity contribution in [3.8, 4) is 0 Å². The molecule has 24 heavy (non-hydrogen) atoms. The van der Waals surface area contributed by atoms with Crippen molar-refractivity contribution in [1.82, 2.24) is 30.1 Å². The third kappa shape index (κ3) is 2.47. The first kappa shape index (κ1) is 14.6. The number of aromatic amines is 2. The lowest BCUT2D eigenvalue weighted by Gasteiger charge is -2.21. The van der Waals surface area contributed by atoms with E-state index in [1.54, 1.807) is 12.5 Å². The van der Waals surface area contributed by atoms with E-state index in [4.69, 9.17) is 4.98 Å². The molecule has 3 aromatic heterocycles. The molecule has 0 spiro atoms. The largest absolute Gasteiger partial charge is 0.356 e. The Bertz CT molecular complexity index is 985. The molecule has 0 bridgehead atoms. The van der Waals surface area contributed by atoms with Crippen LogP contribution in [0, 0.1) is 6.92 Å². The van der Waals surface area contributed by atoms with Gasteiger partial charge >= 0.3 is 0 Å². The smallest absolute Gasteiger partial charge is 0.160 e. The fourth-order valence-corrected chi connectivity index (χ4v) is 3.00. The van der Waals surface area contributed by atoms with Crippen LogP contribution in [0.4, 0.5) is 5.82 Å². The molecule has 0 aliphatic rings. The zero-order valence-corrected chi connectivity index (χ0v) is 13.7. The van der Waals surface area contributed by atoms with E-state index in [1.807, 2.05) is 0 Å². The normalized spacial score (nSPS) is 11.4. The Balaban J connectivity index is 1.58. The zero-order valence-electron chi connectivity index (χ0n) is 13.7. The van der Waals surface area contributed by atoms with Crippen LogP contribution in [0.2, 0.25) is 0 Å². The summed E-state index contributed by atoms with van der Waals surface area (Å²) in [7, 11) is 0. The lowest BCUT2D eigenvalue weighted by Crippen LogP contribution is -2.26. The number of anilines is 1. The molecule has 3 heterocycles. The number of nitrogens with zero attached hydrogens (tertiary/aromatic N) is 5. The zero-order chi connectivity index (χ0) is 16.5. The van der Waals surface area contributed by atoms with Crippen LogP contribution in [0.15, 0.2) is 30.7 Å². The number of aromatic nitrogens is 6. The Labute approximate surface area is 139 Å². The monoisotopic (exact) mass is 321 g/mol. The van der Waals surface area contributed by atoms with Crippen molar-refractivity contribution in [2.45, 2.75) is 20.3 Å². The molecule has 0 aliphatic heterocycles. The van der Waals surface area contributed by atoms with Gasteiger partial charge in [-0.1, -0.05) is 12.1 Å². The number of H-pyrrole nitrogens is 2. The van der Waals surface area contributed by atoms with Gasteiger partial charge in [0.15, 0.2) is 5.65 Å². The van der Waals surface area contributed by atoms with Crippen molar-refractivity contribution in [2.75, 3.05) is 18.0 Å². The van der Waals surface area contributed by atoms with Gasteiger partial charge in [0.25, 0.3) is 0 Å². The average molecular weight is 321 g/mol. The molecule has 7 heteroatoms. The van der Waals surface area contributed by atoms with Crippen molar-refractivity contribution in [1.29, 1.82) is 0 Å². The summed E-state index contributed by atoms with van der Waals surface area (Å²) < 4.78 is 0. The Kier molecular flexibility index (Phi) is 3.60. The van der Waals surface area contributed by atoms with E-state index >= 15 is 0 Å². The first-order valence-corrected chi connectivity index (χ1v) is 8.09. The third-order valence-corrected chi connectivity index (χ3v) is 4.29. The predicted octanol–water partition coefficient (Wildman–Crippen LogP) is 2.61. The number of nitrogens with one attached hydrogen (secondary N) is 2. The molecule has 4 rings (SSSR count). The topological polar surface area (TPSA) is 86.4 Å². The van der Waals surface area contributed by atoms with Crippen LogP contribution in [0.25, 0.3) is 22.1 Å². The quantitative estimate of drug-likeness (QED) is 0.590. The summed E-state index contributed by atoms with van der Waals surface area (Å²) in [6, 6.07) is 6.20. The minimum atomic E-state index is 0.762. The maximum absolute atomic E-state index is 4.73. The Morgan fingerprint density at radius 1 is 1.21 bits per heavy atom. The number of fused-ring (bicyclic) bond motifs is 2. The number of rotatable bonds is 5. The van der Waals surface area contributed by atoms with Crippen LogP contribution < -0.4 is 4.90 Å². The van der Waals surface area contributed by atoms with Gasteiger partial charge in [0.05, 0.1) is 22.6 Å². The maximum Gasteiger partial charge on any atom is 0.160 e. The summed E-state index contributed by atoms with van der Waals surface area (Å²) in [4.78, 5) is 19.0. The molecule has 0 amide bonds. The summed E-state index contributed by atoms with van der Waals surface area (Å²) >= 11 is 0. The van der Waals surface area contributed by atoms with Gasteiger partial charge in [-0.3, -0.25) is 5.10 Å². The van der Waals surface area contributed by atoms with Crippen molar-refractivity contribution >= 4 is 27.9 Å². The van der Waals surface area contributed by atoms with Crippen molar-refractivity contribution in [3.63, 3.8) is 0 Å². The highest BCUT2D eigenvalue weighted by atomic mass is 15.2. The molecule has 0 unspecified atom stereocenters. The highest BCUT2D eigenvalue weighted by Gasteiger charge is 2.13. The predicted molar refractivity (Wildman–Crippen MR) is 94.1 cm³/mol. The standard InChI is InChI=1S/C17H19N7/c1-3-24(17-12-9-20-23-16(12)18-10-19-17)8-7-14-21-13-6-4-5-11(2)15(13)22-14/h4-6,9-10H,3,7-8H2,1-2H3,(H,21,22)(H,18,19,20,23). The van der Waals surface area contributed by atoms with E-state index in [1.165, 1.54) is 5.56 Å². The number of imidazole rings is 1. The molecule has 4 aromatic rings.